The average Bonchev–Trinajstić information content (AvgIpc) is 2.37. The van der Waals surface area contributed by atoms with Crippen molar-refractivity contribution in [1.82, 2.24) is 0 Å². The Balaban J connectivity index is 2.46. The van der Waals surface area contributed by atoms with Gasteiger partial charge in [0.1, 0.15) is 11.6 Å². The lowest BCUT2D eigenvalue weighted by Crippen LogP contribution is -2.16. The first kappa shape index (κ1) is 14.2. The molecule has 0 spiro atoms. The van der Waals surface area contributed by atoms with Crippen LogP contribution >= 0.6 is 15.9 Å². The maximum atomic E-state index is 13.9. The molecule has 2 N–H and O–H groups in total. The van der Waals surface area contributed by atoms with Gasteiger partial charge in [0.2, 0.25) is 0 Å². The molecule has 4 heteroatoms. The standard InChI is InChI=1S/C15H14BrF2N/c1-2-9-4-3-5-10(6-9)15(19)14-12(17)7-11(16)8-13(14)18/h3-8,15H,2,19H2,1H3. The molecule has 100 valence electrons. The van der Waals surface area contributed by atoms with Crippen LogP contribution in [0.25, 0.3) is 0 Å². The predicted octanol–water partition coefficient (Wildman–Crippen LogP) is 4.34. The SMILES string of the molecule is CCc1cccc(C(N)c2c(F)cc(Br)cc2F)c1. The number of benzene rings is 2. The van der Waals surface area contributed by atoms with Crippen LogP contribution in [0.4, 0.5) is 8.78 Å². The van der Waals surface area contributed by atoms with E-state index < -0.39 is 17.7 Å². The van der Waals surface area contributed by atoms with E-state index in [1.807, 2.05) is 25.1 Å². The van der Waals surface area contributed by atoms with Crippen molar-refractivity contribution in [2.24, 2.45) is 5.73 Å². The van der Waals surface area contributed by atoms with Gasteiger partial charge in [-0.15, -0.1) is 0 Å². The van der Waals surface area contributed by atoms with Crippen LogP contribution in [-0.2, 0) is 6.42 Å². The highest BCUT2D eigenvalue weighted by Crippen LogP contribution is 2.28. The Kier molecular flexibility index (Phi) is 4.32. The third-order valence-corrected chi connectivity index (χ3v) is 3.53. The van der Waals surface area contributed by atoms with Crippen molar-refractivity contribution in [2.75, 3.05) is 0 Å². The first-order chi connectivity index (χ1) is 9.02. The van der Waals surface area contributed by atoms with Gasteiger partial charge in [-0.1, -0.05) is 47.1 Å². The molecule has 0 saturated heterocycles. The Bertz CT molecular complexity index is 575. The van der Waals surface area contributed by atoms with Gasteiger partial charge in [-0.25, -0.2) is 8.78 Å². The quantitative estimate of drug-likeness (QED) is 0.892. The van der Waals surface area contributed by atoms with E-state index in [2.05, 4.69) is 15.9 Å². The first-order valence-corrected chi connectivity index (χ1v) is 6.81. The van der Waals surface area contributed by atoms with E-state index >= 15 is 0 Å². The fourth-order valence-electron chi connectivity index (χ4n) is 2.02. The van der Waals surface area contributed by atoms with Gasteiger partial charge in [0, 0.05) is 10.0 Å². The number of hydrogen-bond acceptors (Lipinski definition) is 1. The van der Waals surface area contributed by atoms with Crippen LogP contribution in [0.15, 0.2) is 40.9 Å². The molecule has 0 aliphatic carbocycles. The topological polar surface area (TPSA) is 26.0 Å². The molecular formula is C15H14BrF2N. The molecule has 0 saturated carbocycles. The molecule has 0 fully saturated rings. The molecule has 0 radical (unpaired) electrons. The molecule has 1 unspecified atom stereocenters. The van der Waals surface area contributed by atoms with Gasteiger partial charge in [-0.3, -0.25) is 0 Å². The molecular weight excluding hydrogens is 312 g/mol. The predicted molar refractivity (Wildman–Crippen MR) is 75.9 cm³/mol. The second-order valence-electron chi connectivity index (χ2n) is 4.36. The molecule has 2 aromatic rings. The Morgan fingerprint density at radius 3 is 2.37 bits per heavy atom. The summed E-state index contributed by atoms with van der Waals surface area (Å²) in [6.07, 6.45) is 0.853. The van der Waals surface area contributed by atoms with E-state index in [-0.39, 0.29) is 5.56 Å². The van der Waals surface area contributed by atoms with Gasteiger partial charge in [0.25, 0.3) is 0 Å². The molecule has 0 aliphatic rings. The monoisotopic (exact) mass is 325 g/mol. The zero-order valence-electron chi connectivity index (χ0n) is 10.5. The lowest BCUT2D eigenvalue weighted by Gasteiger charge is -2.15. The molecule has 2 aromatic carbocycles. The second-order valence-corrected chi connectivity index (χ2v) is 5.28. The van der Waals surface area contributed by atoms with Gasteiger partial charge in [-0.2, -0.15) is 0 Å². The van der Waals surface area contributed by atoms with Crippen molar-refractivity contribution in [3.05, 3.63) is 69.2 Å². The number of nitrogens with two attached hydrogens (primary N) is 1. The lowest BCUT2D eigenvalue weighted by molar-refractivity contribution is 0.542. The normalized spacial score (nSPS) is 12.5. The largest absolute Gasteiger partial charge is 0.320 e. The number of rotatable bonds is 3. The van der Waals surface area contributed by atoms with Crippen molar-refractivity contribution >= 4 is 15.9 Å². The van der Waals surface area contributed by atoms with Crippen LogP contribution in [0.5, 0.6) is 0 Å². The summed E-state index contributed by atoms with van der Waals surface area (Å²) in [5, 5.41) is 0. The molecule has 0 bridgehead atoms. The molecule has 19 heavy (non-hydrogen) atoms. The minimum atomic E-state index is -0.806. The summed E-state index contributed by atoms with van der Waals surface area (Å²) < 4.78 is 28.1. The minimum absolute atomic E-state index is 0.101. The van der Waals surface area contributed by atoms with Crippen molar-refractivity contribution in [3.63, 3.8) is 0 Å². The summed E-state index contributed by atoms with van der Waals surface area (Å²) >= 11 is 3.05. The first-order valence-electron chi connectivity index (χ1n) is 6.01. The van der Waals surface area contributed by atoms with Crippen LogP contribution in [-0.4, -0.2) is 0 Å². The molecule has 0 aliphatic heterocycles. The van der Waals surface area contributed by atoms with Gasteiger partial charge in [0.05, 0.1) is 6.04 Å². The Labute approximate surface area is 119 Å². The summed E-state index contributed by atoms with van der Waals surface area (Å²) in [7, 11) is 0. The summed E-state index contributed by atoms with van der Waals surface area (Å²) in [5.74, 6) is -1.28. The second kappa shape index (κ2) is 5.80. The number of hydrogen-bond donors (Lipinski definition) is 1. The zero-order valence-corrected chi connectivity index (χ0v) is 12.0. The van der Waals surface area contributed by atoms with Crippen molar-refractivity contribution in [3.8, 4) is 0 Å². The molecule has 1 atom stereocenters. The van der Waals surface area contributed by atoms with E-state index in [0.717, 1.165) is 12.0 Å². The number of halogens is 3. The maximum absolute atomic E-state index is 13.9. The summed E-state index contributed by atoms with van der Waals surface area (Å²) in [4.78, 5) is 0. The average molecular weight is 326 g/mol. The Hall–Kier alpha value is -1.26. The molecule has 0 amide bonds. The summed E-state index contributed by atoms with van der Waals surface area (Å²) in [6, 6.07) is 9.12. The highest BCUT2D eigenvalue weighted by molar-refractivity contribution is 9.10. The van der Waals surface area contributed by atoms with E-state index in [1.165, 1.54) is 12.1 Å². The van der Waals surface area contributed by atoms with Gasteiger partial charge >= 0.3 is 0 Å². The molecule has 0 aromatic heterocycles. The molecule has 1 nitrogen and oxygen atoms in total. The van der Waals surface area contributed by atoms with E-state index in [4.69, 9.17) is 5.73 Å². The van der Waals surface area contributed by atoms with Crippen LogP contribution < -0.4 is 5.73 Å². The maximum Gasteiger partial charge on any atom is 0.132 e. The highest BCUT2D eigenvalue weighted by atomic mass is 79.9. The fourth-order valence-corrected chi connectivity index (χ4v) is 2.43. The summed E-state index contributed by atoms with van der Waals surface area (Å²) in [5.41, 5.74) is 7.69. The third kappa shape index (κ3) is 3.01. The van der Waals surface area contributed by atoms with Gasteiger partial charge < -0.3 is 5.73 Å². The fraction of sp³-hybridized carbons (Fsp3) is 0.200. The number of aryl methyl sites for hydroxylation is 1. The van der Waals surface area contributed by atoms with Crippen LogP contribution in [0.2, 0.25) is 0 Å². The molecule has 2 rings (SSSR count). The van der Waals surface area contributed by atoms with E-state index in [0.29, 0.717) is 10.0 Å². The third-order valence-electron chi connectivity index (χ3n) is 3.07. The van der Waals surface area contributed by atoms with Crippen molar-refractivity contribution in [2.45, 2.75) is 19.4 Å². The zero-order chi connectivity index (χ0) is 14.0. The van der Waals surface area contributed by atoms with Crippen LogP contribution in [0.1, 0.15) is 29.7 Å². The minimum Gasteiger partial charge on any atom is -0.320 e. The summed E-state index contributed by atoms with van der Waals surface area (Å²) in [6.45, 7) is 2.02. The van der Waals surface area contributed by atoms with Crippen LogP contribution in [0, 0.1) is 11.6 Å². The Morgan fingerprint density at radius 2 is 1.79 bits per heavy atom. The van der Waals surface area contributed by atoms with E-state index in [9.17, 15) is 8.78 Å². The van der Waals surface area contributed by atoms with Crippen molar-refractivity contribution in [1.29, 1.82) is 0 Å². The van der Waals surface area contributed by atoms with Gasteiger partial charge in [0.15, 0.2) is 0 Å². The van der Waals surface area contributed by atoms with Crippen LogP contribution in [0.3, 0.4) is 0 Å². The highest BCUT2D eigenvalue weighted by Gasteiger charge is 2.19. The van der Waals surface area contributed by atoms with E-state index in [1.54, 1.807) is 6.07 Å². The van der Waals surface area contributed by atoms with Crippen molar-refractivity contribution < 1.29 is 8.78 Å². The smallest absolute Gasteiger partial charge is 0.132 e. The van der Waals surface area contributed by atoms with Gasteiger partial charge in [-0.05, 0) is 29.7 Å². The lowest BCUT2D eigenvalue weighted by atomic mass is 9.96. The Morgan fingerprint density at radius 1 is 1.16 bits per heavy atom. The molecule has 0 heterocycles.